The summed E-state index contributed by atoms with van der Waals surface area (Å²) in [6.07, 6.45) is 1.85. The largest absolute Gasteiger partial charge is 0.373 e. The molecule has 0 aliphatic carbocycles. The summed E-state index contributed by atoms with van der Waals surface area (Å²) in [5, 5.41) is 5.94. The number of nitrogens with one attached hydrogen (secondary N) is 2. The second-order valence-electron chi connectivity index (χ2n) is 5.90. The molecule has 0 saturated carbocycles. The smallest absolute Gasteiger partial charge is 0.191 e. The second kappa shape index (κ2) is 7.83. The van der Waals surface area contributed by atoms with Gasteiger partial charge in [-0.3, -0.25) is 0 Å². The van der Waals surface area contributed by atoms with Crippen LogP contribution < -0.4 is 10.6 Å². The predicted molar refractivity (Wildman–Crippen MR) is 82.7 cm³/mol. The van der Waals surface area contributed by atoms with E-state index in [0.717, 1.165) is 12.8 Å². The van der Waals surface area contributed by atoms with Crippen molar-refractivity contribution in [1.82, 2.24) is 10.6 Å². The first-order chi connectivity index (χ1) is 11.4. The van der Waals surface area contributed by atoms with E-state index in [9.17, 15) is 17.6 Å². The van der Waals surface area contributed by atoms with Gasteiger partial charge in [-0.05, 0) is 26.7 Å². The Bertz CT molecular complexity index is 590. The number of ether oxygens (including phenoxy) is 1. The number of nitrogens with zero attached hydrogens (tertiary/aromatic N) is 1. The van der Waals surface area contributed by atoms with Crippen molar-refractivity contribution in [3.8, 4) is 0 Å². The van der Waals surface area contributed by atoms with Gasteiger partial charge in [0.05, 0.1) is 17.7 Å². The van der Waals surface area contributed by atoms with Crippen molar-refractivity contribution < 1.29 is 22.3 Å². The molecule has 1 aromatic rings. The third kappa shape index (κ3) is 4.37. The fraction of sp³-hybridized carbons (Fsp3) is 0.562. The lowest BCUT2D eigenvalue weighted by atomic mass is 10.0. The van der Waals surface area contributed by atoms with Crippen molar-refractivity contribution >= 4 is 5.96 Å². The number of guanidine groups is 1. The highest BCUT2D eigenvalue weighted by Gasteiger charge is 2.29. The number of rotatable bonds is 5. The molecule has 2 N–H and O–H groups in total. The average Bonchev–Trinajstić information content (AvgIpc) is 2.97. The van der Waals surface area contributed by atoms with E-state index in [0.29, 0.717) is 19.7 Å². The Morgan fingerprint density at radius 2 is 1.88 bits per heavy atom. The maximum Gasteiger partial charge on any atom is 0.191 e. The second-order valence-corrected chi connectivity index (χ2v) is 5.90. The normalized spacial score (nSPS) is 21.2. The van der Waals surface area contributed by atoms with Crippen LogP contribution >= 0.6 is 0 Å². The minimum Gasteiger partial charge on any atom is -0.373 e. The lowest BCUT2D eigenvalue weighted by Crippen LogP contribution is -2.45. The summed E-state index contributed by atoms with van der Waals surface area (Å²) in [6, 6.07) is 0.180. The Morgan fingerprint density at radius 3 is 2.42 bits per heavy atom. The Kier molecular flexibility index (Phi) is 6.04. The van der Waals surface area contributed by atoms with Crippen molar-refractivity contribution in [2.24, 2.45) is 4.99 Å². The van der Waals surface area contributed by atoms with E-state index in [1.54, 1.807) is 0 Å². The molecule has 4 nitrogen and oxygen atoms in total. The van der Waals surface area contributed by atoms with Gasteiger partial charge in [-0.15, -0.1) is 0 Å². The van der Waals surface area contributed by atoms with Crippen LogP contribution in [0.5, 0.6) is 0 Å². The molecule has 2 rings (SSSR count). The first kappa shape index (κ1) is 18.5. The van der Waals surface area contributed by atoms with Gasteiger partial charge in [0.15, 0.2) is 29.2 Å². The van der Waals surface area contributed by atoms with E-state index < -0.39 is 35.4 Å². The first-order valence-electron chi connectivity index (χ1n) is 7.84. The van der Waals surface area contributed by atoms with E-state index >= 15 is 0 Å². The molecular formula is C16H21F4N3O. The molecule has 1 fully saturated rings. The van der Waals surface area contributed by atoms with E-state index in [2.05, 4.69) is 15.6 Å². The van der Waals surface area contributed by atoms with Crippen LogP contribution in [0, 0.1) is 23.3 Å². The molecule has 134 valence electrons. The number of aliphatic imine (C=N–C) groups is 1. The molecule has 0 amide bonds. The van der Waals surface area contributed by atoms with Gasteiger partial charge in [0.25, 0.3) is 0 Å². The Morgan fingerprint density at radius 1 is 1.21 bits per heavy atom. The summed E-state index contributed by atoms with van der Waals surface area (Å²) in [5.41, 5.74) is -1.08. The molecule has 1 atom stereocenters. The van der Waals surface area contributed by atoms with Crippen LogP contribution in [0.1, 0.15) is 32.3 Å². The van der Waals surface area contributed by atoms with Crippen LogP contribution in [0.4, 0.5) is 17.6 Å². The van der Waals surface area contributed by atoms with Crippen molar-refractivity contribution in [2.45, 2.75) is 38.8 Å². The fourth-order valence-corrected chi connectivity index (χ4v) is 2.51. The van der Waals surface area contributed by atoms with Gasteiger partial charge >= 0.3 is 0 Å². The van der Waals surface area contributed by atoms with Gasteiger partial charge in [0.2, 0.25) is 0 Å². The van der Waals surface area contributed by atoms with E-state index in [4.69, 9.17) is 4.74 Å². The van der Waals surface area contributed by atoms with Crippen molar-refractivity contribution in [3.05, 3.63) is 34.9 Å². The van der Waals surface area contributed by atoms with Crippen molar-refractivity contribution in [3.63, 3.8) is 0 Å². The number of hydrogen-bond acceptors (Lipinski definition) is 2. The minimum atomic E-state index is -1.44. The molecule has 0 radical (unpaired) electrons. The quantitative estimate of drug-likeness (QED) is 0.373. The van der Waals surface area contributed by atoms with Crippen LogP contribution in [-0.2, 0) is 11.3 Å². The third-order valence-corrected chi connectivity index (χ3v) is 3.87. The van der Waals surface area contributed by atoms with Gasteiger partial charge in [-0.1, -0.05) is 0 Å². The van der Waals surface area contributed by atoms with Gasteiger partial charge in [0.1, 0.15) is 0 Å². The summed E-state index contributed by atoms with van der Waals surface area (Å²) < 4.78 is 59.4. The topological polar surface area (TPSA) is 45.7 Å². The van der Waals surface area contributed by atoms with Crippen LogP contribution in [0.15, 0.2) is 11.1 Å². The maximum atomic E-state index is 13.7. The lowest BCUT2D eigenvalue weighted by molar-refractivity contribution is 0.0243. The summed E-state index contributed by atoms with van der Waals surface area (Å²) in [4.78, 5) is 4.01. The summed E-state index contributed by atoms with van der Waals surface area (Å²) in [5.74, 6) is -5.45. The zero-order valence-corrected chi connectivity index (χ0v) is 13.7. The van der Waals surface area contributed by atoms with Gasteiger partial charge < -0.3 is 15.4 Å². The Hall–Kier alpha value is -1.83. The maximum absolute atomic E-state index is 13.7. The third-order valence-electron chi connectivity index (χ3n) is 3.87. The molecule has 1 heterocycles. The molecule has 1 saturated heterocycles. The summed E-state index contributed by atoms with van der Waals surface area (Å²) >= 11 is 0. The zero-order chi connectivity index (χ0) is 17.7. The van der Waals surface area contributed by atoms with Crippen LogP contribution in [0.25, 0.3) is 0 Å². The van der Waals surface area contributed by atoms with Crippen LogP contribution in [0.3, 0.4) is 0 Å². The van der Waals surface area contributed by atoms with E-state index in [1.165, 1.54) is 0 Å². The molecule has 1 aliphatic rings. The average molecular weight is 347 g/mol. The molecular weight excluding hydrogens is 326 g/mol. The molecule has 0 spiro atoms. The lowest BCUT2D eigenvalue weighted by Gasteiger charge is -2.24. The van der Waals surface area contributed by atoms with Crippen molar-refractivity contribution in [1.29, 1.82) is 0 Å². The first-order valence-corrected chi connectivity index (χ1v) is 7.84. The molecule has 1 unspecified atom stereocenters. The number of halogens is 4. The predicted octanol–water partition coefficient (Wildman–Crippen LogP) is 2.87. The zero-order valence-electron chi connectivity index (χ0n) is 13.7. The van der Waals surface area contributed by atoms with Gasteiger partial charge in [0, 0.05) is 25.8 Å². The molecule has 0 aromatic heterocycles. The Balaban J connectivity index is 2.11. The van der Waals surface area contributed by atoms with E-state index in [1.807, 2.05) is 13.8 Å². The van der Waals surface area contributed by atoms with Crippen LogP contribution in [-0.4, -0.2) is 31.3 Å². The number of hydrogen-bond donors (Lipinski definition) is 2. The molecule has 0 bridgehead atoms. The standard InChI is InChI=1S/C16H21F4N3O/c1-3-21-15(23-9-16(2)5-4-6-24-16)22-8-10-13(19)11(17)7-12(18)14(10)20/h7H,3-6,8-9H2,1-2H3,(H2,21,22,23). The molecule has 8 heteroatoms. The van der Waals surface area contributed by atoms with Gasteiger partial charge in [-0.2, -0.15) is 0 Å². The fourth-order valence-electron chi connectivity index (χ4n) is 2.51. The molecule has 1 aromatic carbocycles. The SMILES string of the molecule is CCNC(=NCc1c(F)c(F)cc(F)c1F)NCC1(C)CCCO1. The highest BCUT2D eigenvalue weighted by Crippen LogP contribution is 2.24. The van der Waals surface area contributed by atoms with Crippen molar-refractivity contribution in [2.75, 3.05) is 19.7 Å². The molecule has 24 heavy (non-hydrogen) atoms. The summed E-state index contributed by atoms with van der Waals surface area (Å²) in [6.45, 7) is 4.92. The van der Waals surface area contributed by atoms with E-state index in [-0.39, 0.29) is 17.6 Å². The Labute approximate surface area is 138 Å². The summed E-state index contributed by atoms with van der Waals surface area (Å²) in [7, 11) is 0. The highest BCUT2D eigenvalue weighted by atomic mass is 19.2. The minimum absolute atomic E-state index is 0.180. The van der Waals surface area contributed by atoms with Gasteiger partial charge in [-0.25, -0.2) is 22.6 Å². The number of benzene rings is 1. The monoisotopic (exact) mass is 347 g/mol. The highest BCUT2D eigenvalue weighted by molar-refractivity contribution is 5.79. The molecule has 1 aliphatic heterocycles. The van der Waals surface area contributed by atoms with Crippen LogP contribution in [0.2, 0.25) is 0 Å².